The van der Waals surface area contributed by atoms with Crippen molar-refractivity contribution in [3.05, 3.63) is 81.6 Å². The van der Waals surface area contributed by atoms with Crippen molar-refractivity contribution in [2.24, 2.45) is 29.6 Å². The molecule has 3 saturated heterocycles. The summed E-state index contributed by atoms with van der Waals surface area (Å²) in [5.74, 6) is 3.37. The quantitative estimate of drug-likeness (QED) is 0.248. The van der Waals surface area contributed by atoms with Crippen LogP contribution in [0.15, 0.2) is 59.1 Å². The van der Waals surface area contributed by atoms with E-state index in [1.165, 1.54) is 148 Å². The zero-order valence-electron chi connectivity index (χ0n) is 37.5. The highest BCUT2D eigenvalue weighted by atomic mass is 32.2. The Morgan fingerprint density at radius 1 is 0.705 bits per heavy atom. The number of morpholine rings is 1. The SMILES string of the molecule is CC=CC1C=C(C2NC(C3CC=CCC3)NC(C3CCC4SC5=CCCCC5C4C3)N2)C(N2C3C=CCCC3OC3CCCCC32)CC1n1c2c(c3c1CCCC3)CCCC2. The molecule has 0 bridgehead atoms. The molecule has 4 heterocycles. The van der Waals surface area contributed by atoms with E-state index in [0.717, 1.165) is 23.5 Å². The molecule has 0 radical (unpaired) electrons. The van der Waals surface area contributed by atoms with E-state index in [9.17, 15) is 0 Å². The molecule has 12 rings (SSSR count). The van der Waals surface area contributed by atoms with Crippen LogP contribution in [0.4, 0.5) is 0 Å². The van der Waals surface area contributed by atoms with E-state index in [4.69, 9.17) is 4.74 Å². The Balaban J connectivity index is 0.961. The first-order valence-electron chi connectivity index (χ1n) is 26.2. The number of hydrogen-bond donors (Lipinski definition) is 3. The molecule has 15 unspecified atom stereocenters. The van der Waals surface area contributed by atoms with Crippen LogP contribution in [-0.2, 0) is 30.4 Å². The average Bonchev–Trinajstić information content (AvgIpc) is 3.86. The largest absolute Gasteiger partial charge is 0.371 e. The van der Waals surface area contributed by atoms with E-state index >= 15 is 0 Å². The average molecular weight is 844 g/mol. The van der Waals surface area contributed by atoms with Crippen LogP contribution in [0.3, 0.4) is 0 Å². The third-order valence-electron chi connectivity index (χ3n) is 18.4. The maximum atomic E-state index is 7.19. The summed E-state index contributed by atoms with van der Waals surface area (Å²) in [6, 6.07) is 1.67. The van der Waals surface area contributed by atoms with E-state index in [-0.39, 0.29) is 6.17 Å². The summed E-state index contributed by atoms with van der Waals surface area (Å²) < 4.78 is 10.2. The summed E-state index contributed by atoms with van der Waals surface area (Å²) in [5.41, 5.74) is 8.69. The number of fused-ring (bicyclic) bond motifs is 8. The van der Waals surface area contributed by atoms with Gasteiger partial charge in [0.25, 0.3) is 0 Å². The predicted octanol–water partition coefficient (Wildman–Crippen LogP) is 10.7. The Labute approximate surface area is 372 Å². The molecule has 0 spiro atoms. The van der Waals surface area contributed by atoms with Gasteiger partial charge in [-0.05, 0) is 193 Å². The first-order valence-corrected chi connectivity index (χ1v) is 27.1. The maximum absolute atomic E-state index is 7.19. The highest BCUT2D eigenvalue weighted by Crippen LogP contribution is 2.57. The predicted molar refractivity (Wildman–Crippen MR) is 251 cm³/mol. The van der Waals surface area contributed by atoms with Crippen LogP contribution in [0, 0.1) is 29.6 Å². The van der Waals surface area contributed by atoms with Gasteiger partial charge >= 0.3 is 0 Å². The van der Waals surface area contributed by atoms with Crippen LogP contribution < -0.4 is 16.0 Å². The molecule has 1 aromatic heterocycles. The first kappa shape index (κ1) is 40.6. The highest BCUT2D eigenvalue weighted by molar-refractivity contribution is 8.04. The van der Waals surface area contributed by atoms with Crippen molar-refractivity contribution >= 4 is 11.8 Å². The number of aromatic nitrogens is 1. The van der Waals surface area contributed by atoms with Gasteiger partial charge in [-0.1, -0.05) is 61.4 Å². The molecule has 6 nitrogen and oxygen atoms in total. The van der Waals surface area contributed by atoms with Crippen molar-refractivity contribution in [3.8, 4) is 0 Å². The van der Waals surface area contributed by atoms with Crippen LogP contribution in [0.25, 0.3) is 0 Å². The van der Waals surface area contributed by atoms with E-state index in [2.05, 4.69) is 92.7 Å². The maximum Gasteiger partial charge on any atom is 0.0834 e. The van der Waals surface area contributed by atoms with Gasteiger partial charge in [0.05, 0.1) is 36.7 Å². The third-order valence-corrected chi connectivity index (χ3v) is 20.1. The van der Waals surface area contributed by atoms with Gasteiger partial charge < -0.3 is 9.30 Å². The summed E-state index contributed by atoms with van der Waals surface area (Å²) in [7, 11) is 0. The molecule has 2 saturated carbocycles. The number of allylic oxidation sites excluding steroid dienone is 8. The third kappa shape index (κ3) is 7.42. The summed E-state index contributed by atoms with van der Waals surface area (Å²) in [5, 5.41) is 14.1. The highest BCUT2D eigenvalue weighted by Gasteiger charge is 2.52. The van der Waals surface area contributed by atoms with Gasteiger partial charge in [0.1, 0.15) is 0 Å². The lowest BCUT2D eigenvalue weighted by atomic mass is 9.71. The van der Waals surface area contributed by atoms with Gasteiger partial charge in [-0.2, -0.15) is 0 Å². The zero-order valence-corrected chi connectivity index (χ0v) is 38.3. The molecular formula is C54H77N5OS. The molecular weight excluding hydrogens is 767 g/mol. The second-order valence-electron chi connectivity index (χ2n) is 21.7. The Morgan fingerprint density at radius 3 is 2.33 bits per heavy atom. The molecule has 7 heteroatoms. The Kier molecular flexibility index (Phi) is 11.7. The molecule has 3 aliphatic heterocycles. The second-order valence-corrected chi connectivity index (χ2v) is 23.0. The summed E-state index contributed by atoms with van der Waals surface area (Å²) >= 11 is 2.29. The minimum absolute atomic E-state index is 0.157. The molecule has 3 N–H and O–H groups in total. The lowest BCUT2D eigenvalue weighted by Gasteiger charge is -2.58. The zero-order chi connectivity index (χ0) is 40.4. The van der Waals surface area contributed by atoms with Crippen molar-refractivity contribution in [1.82, 2.24) is 25.4 Å². The normalized spacial score (nSPS) is 43.7. The van der Waals surface area contributed by atoms with Crippen LogP contribution in [0.1, 0.15) is 164 Å². The molecule has 8 aliphatic carbocycles. The lowest BCUT2D eigenvalue weighted by molar-refractivity contribution is -0.168. The van der Waals surface area contributed by atoms with Gasteiger partial charge in [-0.15, -0.1) is 11.8 Å². The number of thioether (sulfide) groups is 1. The lowest BCUT2D eigenvalue weighted by Crippen LogP contribution is -2.73. The molecule has 15 atom stereocenters. The van der Waals surface area contributed by atoms with Crippen molar-refractivity contribution in [1.29, 1.82) is 0 Å². The summed E-state index contributed by atoms with van der Waals surface area (Å²) in [4.78, 5) is 4.90. The van der Waals surface area contributed by atoms with Crippen molar-refractivity contribution in [3.63, 3.8) is 0 Å². The number of ether oxygens (including phenoxy) is 1. The fourth-order valence-electron chi connectivity index (χ4n) is 15.7. The van der Waals surface area contributed by atoms with Crippen molar-refractivity contribution in [2.45, 2.75) is 221 Å². The minimum Gasteiger partial charge on any atom is -0.371 e. The van der Waals surface area contributed by atoms with Crippen LogP contribution in [0.5, 0.6) is 0 Å². The monoisotopic (exact) mass is 844 g/mol. The molecule has 61 heavy (non-hydrogen) atoms. The first-order chi connectivity index (χ1) is 30.2. The van der Waals surface area contributed by atoms with Gasteiger partial charge in [0.15, 0.2) is 0 Å². The van der Waals surface area contributed by atoms with Gasteiger partial charge in [0, 0.05) is 40.7 Å². The van der Waals surface area contributed by atoms with Crippen molar-refractivity contribution < 1.29 is 4.74 Å². The van der Waals surface area contributed by atoms with E-state index < -0.39 is 0 Å². The fraction of sp³-hybridized carbons (Fsp3) is 0.741. The number of rotatable bonds is 6. The van der Waals surface area contributed by atoms with Gasteiger partial charge in [-0.25, -0.2) is 0 Å². The van der Waals surface area contributed by atoms with E-state index in [1.54, 1.807) is 33.0 Å². The van der Waals surface area contributed by atoms with Crippen LogP contribution in [-0.4, -0.2) is 63.5 Å². The van der Waals surface area contributed by atoms with Crippen molar-refractivity contribution in [2.75, 3.05) is 0 Å². The second kappa shape index (κ2) is 17.5. The fourth-order valence-corrected chi connectivity index (χ4v) is 17.5. The Morgan fingerprint density at radius 2 is 1.51 bits per heavy atom. The molecule has 5 fully saturated rings. The van der Waals surface area contributed by atoms with Gasteiger partial charge in [-0.3, -0.25) is 20.9 Å². The van der Waals surface area contributed by atoms with Crippen LogP contribution >= 0.6 is 11.8 Å². The van der Waals surface area contributed by atoms with Gasteiger partial charge in [0.2, 0.25) is 0 Å². The standard InChI is InChI=1S/C54H77N5OS/c1-2-16-35-31-41(54-56-52(34-17-4-3-5-18-34)55-53(57-54)36-29-30-51-40(32-36)39-21-8-15-28-50(39)61-51)47(59-44-24-11-13-26-48(44)60-49-27-14-12-25-45(49)59)33-46(35)58-42-22-9-6-19-37(42)38-20-7-10-23-43(38)58/h2-4,11,16,24,28,31,34-36,39-40,44-49,51-57H,5-10,12-15,17-23,25-27,29-30,32-33H2,1H3. The molecule has 11 aliphatic rings. The molecule has 0 amide bonds. The minimum atomic E-state index is 0.157. The Bertz CT molecular complexity index is 1890. The number of nitrogens with one attached hydrogen (secondary N) is 3. The molecule has 0 aromatic carbocycles. The summed E-state index contributed by atoms with van der Waals surface area (Å²) in [6.07, 6.45) is 53.2. The van der Waals surface area contributed by atoms with E-state index in [1.807, 2.05) is 0 Å². The number of nitrogens with zero attached hydrogens (tertiary/aromatic N) is 2. The smallest absolute Gasteiger partial charge is 0.0834 e. The molecule has 1 aromatic rings. The topological polar surface area (TPSA) is 53.5 Å². The number of hydrogen-bond acceptors (Lipinski definition) is 6. The molecule has 330 valence electrons. The van der Waals surface area contributed by atoms with E-state index in [0.29, 0.717) is 66.5 Å². The summed E-state index contributed by atoms with van der Waals surface area (Å²) in [6.45, 7) is 2.29. The Hall–Kier alpha value is -1.87. The van der Waals surface area contributed by atoms with Crippen LogP contribution in [0.2, 0.25) is 0 Å².